The van der Waals surface area contributed by atoms with Gasteiger partial charge in [0.1, 0.15) is 6.04 Å². The molecule has 0 aliphatic heterocycles. The Hall–Kier alpha value is -0.630. The van der Waals surface area contributed by atoms with Crippen LogP contribution in [0.2, 0.25) is 5.02 Å². The molecule has 1 atom stereocenters. The lowest BCUT2D eigenvalue weighted by Gasteiger charge is -2.21. The molecule has 0 fully saturated rings. The number of carboxylic acid groups (broad SMARTS) is 1. The van der Waals surface area contributed by atoms with Crippen molar-refractivity contribution in [2.24, 2.45) is 0 Å². The molecule has 1 aromatic carbocycles. The smallest absolute Gasteiger partial charge is 0.321 e. The van der Waals surface area contributed by atoms with Crippen molar-refractivity contribution in [1.82, 2.24) is 4.31 Å². The molecule has 0 spiro atoms. The first kappa shape index (κ1) is 15.4. The van der Waals surface area contributed by atoms with Gasteiger partial charge in [0.25, 0.3) is 0 Å². The summed E-state index contributed by atoms with van der Waals surface area (Å²) in [6.07, 6.45) is 0. The van der Waals surface area contributed by atoms with Gasteiger partial charge < -0.3 is 5.11 Å². The molecule has 8 heteroatoms. The van der Waals surface area contributed by atoms with Crippen molar-refractivity contribution in [1.29, 1.82) is 0 Å². The number of benzene rings is 1. The molecule has 1 aromatic rings. The molecule has 0 heterocycles. The average molecular weight is 357 g/mol. The van der Waals surface area contributed by atoms with Gasteiger partial charge in [-0.25, -0.2) is 8.42 Å². The summed E-state index contributed by atoms with van der Waals surface area (Å²) >= 11 is 8.97. The van der Waals surface area contributed by atoms with Gasteiger partial charge in [-0.1, -0.05) is 11.6 Å². The fraction of sp³-hybridized carbons (Fsp3) is 0.300. The number of sulfonamides is 1. The molecule has 0 radical (unpaired) electrons. The number of carboxylic acids is 1. The highest BCUT2D eigenvalue weighted by atomic mass is 79.9. The molecule has 100 valence electrons. The second kappa shape index (κ2) is 5.56. The van der Waals surface area contributed by atoms with Gasteiger partial charge in [0.15, 0.2) is 0 Å². The van der Waals surface area contributed by atoms with Crippen molar-refractivity contribution in [2.75, 3.05) is 7.05 Å². The summed E-state index contributed by atoms with van der Waals surface area (Å²) in [5, 5.41) is 9.06. The third kappa shape index (κ3) is 3.03. The summed E-state index contributed by atoms with van der Waals surface area (Å²) in [5.74, 6) is -1.22. The van der Waals surface area contributed by atoms with Crippen molar-refractivity contribution >= 4 is 43.5 Å². The number of hydrogen-bond acceptors (Lipinski definition) is 3. The van der Waals surface area contributed by atoms with Gasteiger partial charge in [0, 0.05) is 11.5 Å². The fourth-order valence-corrected chi connectivity index (χ4v) is 3.00. The summed E-state index contributed by atoms with van der Waals surface area (Å²) in [5.41, 5.74) is 0. The van der Waals surface area contributed by atoms with Crippen LogP contribution in [0.25, 0.3) is 0 Å². The molecule has 5 nitrogen and oxygen atoms in total. The first-order valence-corrected chi connectivity index (χ1v) is 7.45. The normalized spacial score (nSPS) is 13.6. The maximum Gasteiger partial charge on any atom is 0.321 e. The van der Waals surface area contributed by atoms with Crippen LogP contribution in [0, 0.1) is 0 Å². The topological polar surface area (TPSA) is 74.7 Å². The zero-order chi connectivity index (χ0) is 14.1. The molecule has 1 N–H and O–H groups in total. The van der Waals surface area contributed by atoms with Crippen molar-refractivity contribution in [3.8, 4) is 0 Å². The Bertz CT molecular complexity index is 575. The lowest BCUT2D eigenvalue weighted by atomic mass is 10.4. The van der Waals surface area contributed by atoms with E-state index in [0.717, 1.165) is 4.31 Å². The van der Waals surface area contributed by atoms with E-state index in [9.17, 15) is 13.2 Å². The zero-order valence-corrected chi connectivity index (χ0v) is 12.8. The Morgan fingerprint density at radius 3 is 2.50 bits per heavy atom. The number of rotatable bonds is 4. The number of nitrogens with zero attached hydrogens (tertiary/aromatic N) is 1. The number of halogens is 2. The highest BCUT2D eigenvalue weighted by Gasteiger charge is 2.29. The molecule has 1 rings (SSSR count). The zero-order valence-electron chi connectivity index (χ0n) is 9.59. The van der Waals surface area contributed by atoms with Crippen molar-refractivity contribution in [2.45, 2.75) is 17.9 Å². The third-order valence-corrected chi connectivity index (χ3v) is 5.63. The van der Waals surface area contributed by atoms with Crippen LogP contribution in [0.3, 0.4) is 0 Å². The van der Waals surface area contributed by atoms with Gasteiger partial charge >= 0.3 is 5.97 Å². The minimum Gasteiger partial charge on any atom is -0.480 e. The first-order chi connectivity index (χ1) is 8.17. The summed E-state index contributed by atoms with van der Waals surface area (Å²) in [6, 6.07) is 2.97. The van der Waals surface area contributed by atoms with Crippen LogP contribution in [0.15, 0.2) is 27.6 Å². The number of carbonyl (C=O) groups is 1. The van der Waals surface area contributed by atoms with Gasteiger partial charge in [-0.2, -0.15) is 4.31 Å². The molecule has 0 aliphatic rings. The molecule has 18 heavy (non-hydrogen) atoms. The predicted molar refractivity (Wildman–Crippen MR) is 71.2 cm³/mol. The Balaban J connectivity index is 3.21. The van der Waals surface area contributed by atoms with E-state index in [4.69, 9.17) is 16.7 Å². The van der Waals surface area contributed by atoms with E-state index in [0.29, 0.717) is 4.47 Å². The van der Waals surface area contributed by atoms with Crippen molar-refractivity contribution in [3.05, 3.63) is 27.7 Å². The number of likely N-dealkylation sites (N-methyl/N-ethyl adjacent to an activating group) is 1. The van der Waals surface area contributed by atoms with Crippen LogP contribution < -0.4 is 0 Å². The van der Waals surface area contributed by atoms with Gasteiger partial charge in [-0.15, -0.1) is 0 Å². The molecule has 0 saturated carbocycles. The van der Waals surface area contributed by atoms with Crippen molar-refractivity contribution in [3.63, 3.8) is 0 Å². The molecular formula is C10H11BrClNO4S. The largest absolute Gasteiger partial charge is 0.480 e. The molecule has 0 aliphatic carbocycles. The lowest BCUT2D eigenvalue weighted by molar-refractivity contribution is -0.140. The van der Waals surface area contributed by atoms with Crippen LogP contribution in [-0.2, 0) is 14.8 Å². The molecule has 0 aromatic heterocycles. The monoisotopic (exact) mass is 355 g/mol. The van der Waals surface area contributed by atoms with Crippen LogP contribution in [-0.4, -0.2) is 36.9 Å². The Morgan fingerprint density at radius 2 is 2.06 bits per heavy atom. The number of aliphatic carboxylic acids is 1. The van der Waals surface area contributed by atoms with Crippen LogP contribution >= 0.6 is 27.5 Å². The molecule has 0 bridgehead atoms. The third-order valence-electron chi connectivity index (χ3n) is 2.47. The molecular weight excluding hydrogens is 346 g/mol. The molecule has 0 amide bonds. The minimum absolute atomic E-state index is 0.0497. The maximum absolute atomic E-state index is 12.1. The van der Waals surface area contributed by atoms with Crippen molar-refractivity contribution < 1.29 is 18.3 Å². The van der Waals surface area contributed by atoms with E-state index < -0.39 is 22.0 Å². The fourth-order valence-electron chi connectivity index (χ4n) is 1.17. The Morgan fingerprint density at radius 1 is 1.50 bits per heavy atom. The molecule has 1 unspecified atom stereocenters. The standard InChI is InChI=1S/C10H11BrClNO4S/c1-6(10(14)15)13(2)18(16,17)7-3-4-8(11)9(12)5-7/h3-6H,1-2H3,(H,14,15). The van der Waals surface area contributed by atoms with E-state index in [2.05, 4.69) is 15.9 Å². The minimum atomic E-state index is -3.88. The van der Waals surface area contributed by atoms with E-state index in [1.165, 1.54) is 32.2 Å². The van der Waals surface area contributed by atoms with E-state index >= 15 is 0 Å². The first-order valence-electron chi connectivity index (χ1n) is 4.84. The predicted octanol–water partition coefficient (Wildman–Crippen LogP) is 2.20. The van der Waals surface area contributed by atoms with Gasteiger partial charge in [-0.05, 0) is 41.1 Å². The van der Waals surface area contributed by atoms with Gasteiger partial charge in [-0.3, -0.25) is 4.79 Å². The van der Waals surface area contributed by atoms with Gasteiger partial charge in [0.05, 0.1) is 9.92 Å². The van der Waals surface area contributed by atoms with Gasteiger partial charge in [0.2, 0.25) is 10.0 Å². The molecule has 0 saturated heterocycles. The second-order valence-corrected chi connectivity index (χ2v) is 6.87. The van der Waals surface area contributed by atoms with E-state index in [-0.39, 0.29) is 9.92 Å². The number of hydrogen-bond donors (Lipinski definition) is 1. The maximum atomic E-state index is 12.1. The van der Waals surface area contributed by atoms with E-state index in [1.54, 1.807) is 0 Å². The van der Waals surface area contributed by atoms with Crippen LogP contribution in [0.4, 0.5) is 0 Å². The van der Waals surface area contributed by atoms with E-state index in [1.807, 2.05) is 0 Å². The summed E-state index contributed by atoms with van der Waals surface area (Å²) in [4.78, 5) is 10.8. The highest BCUT2D eigenvalue weighted by molar-refractivity contribution is 9.10. The lowest BCUT2D eigenvalue weighted by Crippen LogP contribution is -2.40. The van der Waals surface area contributed by atoms with Crippen LogP contribution in [0.1, 0.15) is 6.92 Å². The highest BCUT2D eigenvalue weighted by Crippen LogP contribution is 2.27. The summed E-state index contributed by atoms with van der Waals surface area (Å²) in [7, 11) is -2.66. The quantitative estimate of drug-likeness (QED) is 0.897. The Labute approximate surface area is 119 Å². The summed E-state index contributed by atoms with van der Waals surface area (Å²) in [6.45, 7) is 1.29. The second-order valence-electron chi connectivity index (χ2n) is 3.61. The Kier molecular flexibility index (Phi) is 4.77. The van der Waals surface area contributed by atoms with Crippen LogP contribution in [0.5, 0.6) is 0 Å². The summed E-state index contributed by atoms with van der Waals surface area (Å²) < 4.78 is 25.6. The SMILES string of the molecule is CC(C(=O)O)N(C)S(=O)(=O)c1ccc(Br)c(Cl)c1. The average Bonchev–Trinajstić information content (AvgIpc) is 2.30.